The van der Waals surface area contributed by atoms with Gasteiger partial charge in [0.2, 0.25) is 0 Å². The fourth-order valence-electron chi connectivity index (χ4n) is 1.02. The van der Waals surface area contributed by atoms with Gasteiger partial charge in [-0.15, -0.1) is 0 Å². The predicted octanol–water partition coefficient (Wildman–Crippen LogP) is 1.67. The average Bonchev–Trinajstić information content (AvgIpc) is 2.15. The van der Waals surface area contributed by atoms with E-state index in [1.165, 1.54) is 6.07 Å². The molecule has 13 heavy (non-hydrogen) atoms. The van der Waals surface area contributed by atoms with Crippen molar-refractivity contribution in [2.45, 2.75) is 12.3 Å². The lowest BCUT2D eigenvalue weighted by Crippen LogP contribution is -2.24. The highest BCUT2D eigenvalue weighted by Crippen LogP contribution is 2.23. The average molecular weight is 204 g/mol. The molecular formula is C9H11ClFNO. The summed E-state index contributed by atoms with van der Waals surface area (Å²) < 4.78 is 13.3. The molecule has 0 aliphatic carbocycles. The summed E-state index contributed by atoms with van der Waals surface area (Å²) in [6.07, 6.45) is -2.64. The topological polar surface area (TPSA) is 46.2 Å². The molecular weight excluding hydrogens is 193 g/mol. The Hall–Kier alpha value is -0.640. The quantitative estimate of drug-likeness (QED) is 0.785. The summed E-state index contributed by atoms with van der Waals surface area (Å²) in [5.41, 5.74) is 5.48. The summed E-state index contributed by atoms with van der Waals surface area (Å²) in [4.78, 5) is 0. The zero-order valence-corrected chi connectivity index (χ0v) is 7.71. The Morgan fingerprint density at radius 3 is 2.77 bits per heavy atom. The van der Waals surface area contributed by atoms with Crippen LogP contribution in [-0.4, -0.2) is 17.8 Å². The molecule has 1 aromatic carbocycles. The minimum atomic E-state index is -1.47. The predicted molar refractivity (Wildman–Crippen MR) is 50.4 cm³/mol. The molecule has 3 N–H and O–H groups in total. The Labute approximate surface area is 81.1 Å². The van der Waals surface area contributed by atoms with E-state index in [2.05, 4.69) is 0 Å². The van der Waals surface area contributed by atoms with Crippen LogP contribution in [0.2, 0.25) is 5.02 Å². The minimum Gasteiger partial charge on any atom is -0.388 e. The Kier molecular flexibility index (Phi) is 3.66. The normalized spacial score (nSPS) is 15.4. The fourth-order valence-corrected chi connectivity index (χ4v) is 1.22. The van der Waals surface area contributed by atoms with Crippen LogP contribution in [0.25, 0.3) is 0 Å². The number of hydrogen-bond acceptors (Lipinski definition) is 2. The maximum Gasteiger partial charge on any atom is 0.152 e. The van der Waals surface area contributed by atoms with Gasteiger partial charge in [0.15, 0.2) is 6.17 Å². The molecule has 0 heterocycles. The molecule has 0 saturated carbocycles. The number of aliphatic hydroxyl groups excluding tert-OH is 1. The van der Waals surface area contributed by atoms with Crippen LogP contribution in [0.1, 0.15) is 11.7 Å². The van der Waals surface area contributed by atoms with E-state index >= 15 is 0 Å². The molecule has 0 radical (unpaired) electrons. The Balaban J connectivity index is 2.82. The summed E-state index contributed by atoms with van der Waals surface area (Å²) in [7, 11) is 0. The van der Waals surface area contributed by atoms with Gasteiger partial charge in [0, 0.05) is 11.6 Å². The number of alkyl halides is 1. The molecule has 2 unspecified atom stereocenters. The molecule has 1 rings (SSSR count). The zero-order valence-electron chi connectivity index (χ0n) is 6.95. The Morgan fingerprint density at radius 1 is 1.54 bits per heavy atom. The lowest BCUT2D eigenvalue weighted by atomic mass is 10.1. The molecule has 2 nitrogen and oxygen atoms in total. The molecule has 0 bridgehead atoms. The van der Waals surface area contributed by atoms with E-state index in [0.717, 1.165) is 0 Å². The van der Waals surface area contributed by atoms with E-state index in [0.29, 0.717) is 10.6 Å². The smallest absolute Gasteiger partial charge is 0.152 e. The van der Waals surface area contributed by atoms with Gasteiger partial charge in [-0.2, -0.15) is 0 Å². The molecule has 0 saturated heterocycles. The zero-order chi connectivity index (χ0) is 9.84. The lowest BCUT2D eigenvalue weighted by molar-refractivity contribution is 0.0847. The Bertz CT molecular complexity index is 282. The van der Waals surface area contributed by atoms with E-state index in [9.17, 15) is 4.39 Å². The maximum atomic E-state index is 13.3. The third-order valence-electron chi connectivity index (χ3n) is 1.75. The molecule has 72 valence electrons. The van der Waals surface area contributed by atoms with Crippen molar-refractivity contribution in [3.63, 3.8) is 0 Å². The van der Waals surface area contributed by atoms with Crippen molar-refractivity contribution in [3.05, 3.63) is 34.9 Å². The second-order valence-corrected chi connectivity index (χ2v) is 3.20. The first kappa shape index (κ1) is 10.4. The summed E-state index contributed by atoms with van der Waals surface area (Å²) in [6, 6.07) is 6.32. The molecule has 0 amide bonds. The molecule has 4 heteroatoms. The van der Waals surface area contributed by atoms with Crippen LogP contribution < -0.4 is 5.73 Å². The standard InChI is InChI=1S/C9H11ClFNO/c10-7-3-1-2-6(4-7)9(11)8(13)5-12/h1-4,8-9,13H,5,12H2. The molecule has 0 fully saturated rings. The summed E-state index contributed by atoms with van der Waals surface area (Å²) in [5, 5.41) is 9.58. The number of benzene rings is 1. The van der Waals surface area contributed by atoms with Crippen LogP contribution in [0.4, 0.5) is 4.39 Å². The van der Waals surface area contributed by atoms with E-state index in [-0.39, 0.29) is 6.54 Å². The first-order valence-electron chi connectivity index (χ1n) is 3.93. The van der Waals surface area contributed by atoms with Crippen LogP contribution in [0.3, 0.4) is 0 Å². The first-order valence-corrected chi connectivity index (χ1v) is 4.30. The third kappa shape index (κ3) is 2.66. The summed E-state index contributed by atoms with van der Waals surface area (Å²) in [6.45, 7) is -0.103. The van der Waals surface area contributed by atoms with Gasteiger partial charge in [-0.1, -0.05) is 23.7 Å². The van der Waals surface area contributed by atoms with E-state index in [1.54, 1.807) is 18.2 Å². The van der Waals surface area contributed by atoms with Gasteiger partial charge in [-0.25, -0.2) is 4.39 Å². The minimum absolute atomic E-state index is 0.103. The van der Waals surface area contributed by atoms with Gasteiger partial charge in [0.05, 0.1) is 0 Å². The highest BCUT2D eigenvalue weighted by molar-refractivity contribution is 6.30. The second-order valence-electron chi connectivity index (χ2n) is 2.76. The largest absolute Gasteiger partial charge is 0.388 e. The molecule has 2 atom stereocenters. The Morgan fingerprint density at radius 2 is 2.23 bits per heavy atom. The van der Waals surface area contributed by atoms with Gasteiger partial charge in [-0.3, -0.25) is 0 Å². The van der Waals surface area contributed by atoms with Crippen LogP contribution in [-0.2, 0) is 0 Å². The molecule has 1 aromatic rings. The monoisotopic (exact) mass is 203 g/mol. The second kappa shape index (κ2) is 4.56. The molecule has 0 spiro atoms. The van der Waals surface area contributed by atoms with E-state index in [1.807, 2.05) is 0 Å². The third-order valence-corrected chi connectivity index (χ3v) is 1.98. The van der Waals surface area contributed by atoms with E-state index in [4.69, 9.17) is 22.4 Å². The van der Waals surface area contributed by atoms with Gasteiger partial charge in [-0.05, 0) is 17.7 Å². The summed E-state index contributed by atoms with van der Waals surface area (Å²) in [5.74, 6) is 0. The number of nitrogens with two attached hydrogens (primary N) is 1. The molecule has 0 aromatic heterocycles. The maximum absolute atomic E-state index is 13.3. The highest BCUT2D eigenvalue weighted by atomic mass is 35.5. The van der Waals surface area contributed by atoms with Crippen molar-refractivity contribution in [1.82, 2.24) is 0 Å². The lowest BCUT2D eigenvalue weighted by Gasteiger charge is -2.13. The van der Waals surface area contributed by atoms with Crippen molar-refractivity contribution in [2.75, 3.05) is 6.54 Å². The van der Waals surface area contributed by atoms with E-state index < -0.39 is 12.3 Å². The van der Waals surface area contributed by atoms with Gasteiger partial charge in [0.1, 0.15) is 6.10 Å². The number of rotatable bonds is 3. The van der Waals surface area contributed by atoms with Crippen LogP contribution in [0.15, 0.2) is 24.3 Å². The van der Waals surface area contributed by atoms with Gasteiger partial charge in [0.25, 0.3) is 0 Å². The highest BCUT2D eigenvalue weighted by Gasteiger charge is 2.18. The van der Waals surface area contributed by atoms with Gasteiger partial charge >= 0.3 is 0 Å². The van der Waals surface area contributed by atoms with Crippen molar-refractivity contribution in [2.24, 2.45) is 5.73 Å². The van der Waals surface area contributed by atoms with Crippen LogP contribution in [0, 0.1) is 0 Å². The number of halogens is 2. The van der Waals surface area contributed by atoms with Crippen molar-refractivity contribution < 1.29 is 9.50 Å². The number of hydrogen-bond donors (Lipinski definition) is 2. The van der Waals surface area contributed by atoms with Crippen molar-refractivity contribution in [3.8, 4) is 0 Å². The van der Waals surface area contributed by atoms with Crippen LogP contribution in [0.5, 0.6) is 0 Å². The van der Waals surface area contributed by atoms with Crippen LogP contribution >= 0.6 is 11.6 Å². The first-order chi connectivity index (χ1) is 6.15. The molecule has 0 aliphatic rings. The molecule has 0 aliphatic heterocycles. The van der Waals surface area contributed by atoms with Crippen molar-refractivity contribution >= 4 is 11.6 Å². The number of aliphatic hydroxyl groups is 1. The van der Waals surface area contributed by atoms with Crippen molar-refractivity contribution in [1.29, 1.82) is 0 Å². The van der Waals surface area contributed by atoms with Gasteiger partial charge < -0.3 is 10.8 Å². The summed E-state index contributed by atoms with van der Waals surface area (Å²) >= 11 is 5.66. The fraction of sp³-hybridized carbons (Fsp3) is 0.333. The SMILES string of the molecule is NCC(O)C(F)c1cccc(Cl)c1.